The monoisotopic (exact) mass is 449 g/mol. The van der Waals surface area contributed by atoms with Gasteiger partial charge in [-0.3, -0.25) is 4.79 Å². The number of carbonyl (C=O) groups is 1. The topological polar surface area (TPSA) is 56.6 Å². The lowest BCUT2D eigenvalue weighted by molar-refractivity contribution is -0.129. The normalized spacial score (nSPS) is 17.9. The number of rotatable bonds is 5. The first-order valence-electron chi connectivity index (χ1n) is 11.1. The van der Waals surface area contributed by atoms with Crippen molar-refractivity contribution in [3.05, 3.63) is 60.3 Å². The number of carbonyl (C=O) groups excluding carboxylic acids is 1. The first-order valence-corrected chi connectivity index (χ1v) is 12.1. The number of aromatic nitrogens is 2. The molecule has 0 radical (unpaired) electrons. The Morgan fingerprint density at radius 2 is 1.91 bits per heavy atom. The molecule has 0 saturated carbocycles. The van der Waals surface area contributed by atoms with Gasteiger partial charge < -0.3 is 18.9 Å². The molecule has 1 atom stereocenters. The molecule has 32 heavy (non-hydrogen) atoms. The van der Waals surface area contributed by atoms with E-state index >= 15 is 0 Å². The van der Waals surface area contributed by atoms with E-state index in [1.54, 1.807) is 0 Å². The lowest BCUT2D eigenvalue weighted by Gasteiger charge is -2.25. The Balaban J connectivity index is 1.27. The molecule has 2 aliphatic rings. The largest absolute Gasteiger partial charge is 0.490 e. The fraction of sp³-hybridized carbons (Fsp3) is 0.360. The Labute approximate surface area is 192 Å². The molecule has 3 aromatic rings. The smallest absolute Gasteiger partial charge is 0.233 e. The molecule has 2 aliphatic heterocycles. The van der Waals surface area contributed by atoms with Crippen LogP contribution in [0, 0.1) is 0 Å². The van der Waals surface area contributed by atoms with Gasteiger partial charge in [0.05, 0.1) is 36.9 Å². The molecular formula is C25H27N3O3S. The Bertz CT molecular complexity index is 1100. The third-order valence-electron chi connectivity index (χ3n) is 6.07. The number of imidazole rings is 1. The minimum absolute atomic E-state index is 0.0847. The van der Waals surface area contributed by atoms with Crippen molar-refractivity contribution in [3.63, 3.8) is 0 Å². The van der Waals surface area contributed by atoms with Crippen LogP contribution in [-0.4, -0.2) is 45.9 Å². The predicted octanol–water partition coefficient (Wildman–Crippen LogP) is 4.70. The van der Waals surface area contributed by atoms with Gasteiger partial charge in [0.25, 0.3) is 0 Å². The van der Waals surface area contributed by atoms with E-state index < -0.39 is 0 Å². The third-order valence-corrected chi connectivity index (χ3v) is 7.10. The van der Waals surface area contributed by atoms with Crippen molar-refractivity contribution in [2.24, 2.45) is 7.05 Å². The summed E-state index contributed by atoms with van der Waals surface area (Å²) >= 11 is 1.50. The van der Waals surface area contributed by atoms with E-state index in [0.29, 0.717) is 19.0 Å². The summed E-state index contributed by atoms with van der Waals surface area (Å²) in [5.41, 5.74) is 3.29. The number of thioether (sulfide) groups is 1. The molecule has 7 heteroatoms. The highest BCUT2D eigenvalue weighted by Crippen LogP contribution is 2.38. The quantitative estimate of drug-likeness (QED) is 0.528. The third kappa shape index (κ3) is 4.21. The van der Waals surface area contributed by atoms with E-state index in [0.717, 1.165) is 59.3 Å². The number of nitrogens with zero attached hydrogens (tertiary/aromatic N) is 3. The van der Waals surface area contributed by atoms with Crippen molar-refractivity contribution in [1.29, 1.82) is 0 Å². The summed E-state index contributed by atoms with van der Waals surface area (Å²) in [4.78, 5) is 19.7. The molecule has 1 saturated heterocycles. The lowest BCUT2D eigenvalue weighted by Crippen LogP contribution is -2.32. The fourth-order valence-corrected chi connectivity index (χ4v) is 5.25. The lowest BCUT2D eigenvalue weighted by atomic mass is 10.0. The number of benzene rings is 2. The van der Waals surface area contributed by atoms with Crippen LogP contribution in [0.1, 0.15) is 30.9 Å². The molecule has 1 fully saturated rings. The molecule has 3 heterocycles. The summed E-state index contributed by atoms with van der Waals surface area (Å²) in [5, 5.41) is 0.850. The van der Waals surface area contributed by atoms with Crippen molar-refractivity contribution >= 4 is 17.7 Å². The Morgan fingerprint density at radius 1 is 1.09 bits per heavy atom. The highest BCUT2D eigenvalue weighted by Gasteiger charge is 2.31. The molecule has 1 amide bonds. The predicted molar refractivity (Wildman–Crippen MR) is 125 cm³/mol. The van der Waals surface area contributed by atoms with Crippen LogP contribution in [0.15, 0.2) is 59.9 Å². The Hall–Kier alpha value is -2.93. The van der Waals surface area contributed by atoms with E-state index in [-0.39, 0.29) is 11.9 Å². The van der Waals surface area contributed by atoms with E-state index in [9.17, 15) is 4.79 Å². The van der Waals surface area contributed by atoms with Gasteiger partial charge in [-0.2, -0.15) is 0 Å². The van der Waals surface area contributed by atoms with Gasteiger partial charge in [-0.05, 0) is 36.1 Å². The molecule has 6 nitrogen and oxygen atoms in total. The van der Waals surface area contributed by atoms with Crippen LogP contribution in [0.2, 0.25) is 0 Å². The van der Waals surface area contributed by atoms with E-state index in [4.69, 9.17) is 9.47 Å². The summed E-state index contributed by atoms with van der Waals surface area (Å²) in [6.45, 7) is 2.13. The van der Waals surface area contributed by atoms with Crippen molar-refractivity contribution in [2.45, 2.75) is 30.5 Å². The van der Waals surface area contributed by atoms with Crippen molar-refractivity contribution in [2.75, 3.05) is 25.5 Å². The van der Waals surface area contributed by atoms with Gasteiger partial charge in [0.1, 0.15) is 0 Å². The molecule has 166 valence electrons. The number of hydrogen-bond acceptors (Lipinski definition) is 5. The first kappa shape index (κ1) is 20.9. The van der Waals surface area contributed by atoms with E-state index in [1.807, 2.05) is 42.4 Å². The molecule has 2 aromatic carbocycles. The molecule has 1 aromatic heterocycles. The van der Waals surface area contributed by atoms with Gasteiger partial charge in [-0.15, -0.1) is 0 Å². The fourth-order valence-electron chi connectivity index (χ4n) is 4.41. The second kappa shape index (κ2) is 9.28. The zero-order chi connectivity index (χ0) is 21.9. The van der Waals surface area contributed by atoms with Crippen LogP contribution < -0.4 is 9.47 Å². The molecule has 1 unspecified atom stereocenters. The van der Waals surface area contributed by atoms with Gasteiger partial charge in [0.2, 0.25) is 5.91 Å². The van der Waals surface area contributed by atoms with Gasteiger partial charge >= 0.3 is 0 Å². The maximum absolute atomic E-state index is 13.1. The summed E-state index contributed by atoms with van der Waals surface area (Å²) < 4.78 is 13.7. The van der Waals surface area contributed by atoms with Gasteiger partial charge in [-0.1, -0.05) is 48.2 Å². The van der Waals surface area contributed by atoms with Crippen LogP contribution >= 0.6 is 11.8 Å². The second-order valence-corrected chi connectivity index (χ2v) is 9.08. The summed E-state index contributed by atoms with van der Waals surface area (Å²) in [7, 11) is 2.00. The van der Waals surface area contributed by atoms with Crippen LogP contribution in [0.25, 0.3) is 11.3 Å². The minimum Gasteiger partial charge on any atom is -0.490 e. The maximum Gasteiger partial charge on any atom is 0.233 e. The molecule has 0 aliphatic carbocycles. The van der Waals surface area contributed by atoms with Crippen molar-refractivity contribution in [1.82, 2.24) is 14.5 Å². The molecule has 5 rings (SSSR count). The number of fused-ring (bicyclic) bond motifs is 1. The molecule has 0 bridgehead atoms. The van der Waals surface area contributed by atoms with Crippen LogP contribution in [-0.2, 0) is 11.8 Å². The zero-order valence-corrected chi connectivity index (χ0v) is 19.0. The first-order chi connectivity index (χ1) is 15.7. The van der Waals surface area contributed by atoms with Crippen molar-refractivity contribution < 1.29 is 14.3 Å². The highest BCUT2D eigenvalue weighted by atomic mass is 32.2. The number of amides is 1. The summed E-state index contributed by atoms with van der Waals surface area (Å²) in [5.74, 6) is 2.10. The number of likely N-dealkylation sites (tertiary alicyclic amines) is 1. The minimum atomic E-state index is 0.0847. The van der Waals surface area contributed by atoms with Crippen LogP contribution in [0.5, 0.6) is 11.5 Å². The molecule has 0 N–H and O–H groups in total. The average Bonchev–Trinajstić information content (AvgIpc) is 3.38. The molecule has 0 spiro atoms. The number of hydrogen-bond donors (Lipinski definition) is 0. The Kier molecular flexibility index (Phi) is 6.08. The van der Waals surface area contributed by atoms with Crippen molar-refractivity contribution in [3.8, 4) is 22.8 Å². The SMILES string of the molecule is Cn1c(-c2ccccc2)cnc1SCC(=O)N1CCCC1c1ccc2c(c1)OCCCO2. The standard InChI is InChI=1S/C25H27N3O3S/c1-27-21(18-7-3-2-4-8-18)16-26-25(27)32-17-24(29)28-12-5-9-20(28)19-10-11-22-23(15-19)31-14-6-13-30-22/h2-4,7-8,10-11,15-16,20H,5-6,9,12-14,17H2,1H3. The molecular weight excluding hydrogens is 422 g/mol. The van der Waals surface area contributed by atoms with Gasteiger partial charge in [0, 0.05) is 20.0 Å². The summed E-state index contributed by atoms with van der Waals surface area (Å²) in [6.07, 6.45) is 4.74. The maximum atomic E-state index is 13.1. The Morgan fingerprint density at radius 3 is 2.75 bits per heavy atom. The van der Waals surface area contributed by atoms with Gasteiger partial charge in [-0.25, -0.2) is 4.98 Å². The van der Waals surface area contributed by atoms with Gasteiger partial charge in [0.15, 0.2) is 16.7 Å². The highest BCUT2D eigenvalue weighted by molar-refractivity contribution is 7.99. The van der Waals surface area contributed by atoms with Crippen LogP contribution in [0.3, 0.4) is 0 Å². The van der Waals surface area contributed by atoms with Crippen LogP contribution in [0.4, 0.5) is 0 Å². The average molecular weight is 450 g/mol. The van der Waals surface area contributed by atoms with E-state index in [1.165, 1.54) is 11.8 Å². The van der Waals surface area contributed by atoms with E-state index in [2.05, 4.69) is 33.8 Å². The zero-order valence-electron chi connectivity index (χ0n) is 18.2. The number of ether oxygens (including phenoxy) is 2. The second-order valence-electron chi connectivity index (χ2n) is 8.14. The summed E-state index contributed by atoms with van der Waals surface area (Å²) in [6, 6.07) is 16.4.